The second-order valence-corrected chi connectivity index (χ2v) is 6.47. The van der Waals surface area contributed by atoms with Crippen LogP contribution in [-0.4, -0.2) is 33.0 Å². The zero-order valence-electron chi connectivity index (χ0n) is 14.7. The van der Waals surface area contributed by atoms with E-state index in [1.807, 2.05) is 54.9 Å². The minimum atomic E-state index is -0.282. The summed E-state index contributed by atoms with van der Waals surface area (Å²) in [4.78, 5) is 26.4. The van der Waals surface area contributed by atoms with E-state index in [9.17, 15) is 9.59 Å². The molecule has 132 valence electrons. The summed E-state index contributed by atoms with van der Waals surface area (Å²) in [6.07, 6.45) is 0.282. The molecule has 6 heteroatoms. The first-order valence-corrected chi connectivity index (χ1v) is 8.69. The van der Waals surface area contributed by atoms with Crippen LogP contribution in [-0.2, 0) is 29.2 Å². The lowest BCUT2D eigenvalue weighted by molar-refractivity contribution is -0.129. The standard InChI is InChI=1S/C19H24N4O2/c1-3-23-17(9-14(2)21-23)11-20-19(25)16-10-18(24)22(13-16)12-15-7-5-4-6-8-15/h4-9,16H,3,10-13H2,1-2H3,(H,20,25)/t16-/m1/s1. The topological polar surface area (TPSA) is 67.2 Å². The van der Waals surface area contributed by atoms with Gasteiger partial charge >= 0.3 is 0 Å². The summed E-state index contributed by atoms with van der Waals surface area (Å²) in [5.41, 5.74) is 3.01. The molecule has 1 atom stereocenters. The fraction of sp³-hybridized carbons (Fsp3) is 0.421. The largest absolute Gasteiger partial charge is 0.350 e. The van der Waals surface area contributed by atoms with Gasteiger partial charge in [0, 0.05) is 26.1 Å². The molecule has 2 heterocycles. The van der Waals surface area contributed by atoms with E-state index in [4.69, 9.17) is 0 Å². The Labute approximate surface area is 147 Å². The summed E-state index contributed by atoms with van der Waals surface area (Å²) < 4.78 is 1.89. The van der Waals surface area contributed by atoms with Gasteiger partial charge in [0.05, 0.1) is 23.9 Å². The second-order valence-electron chi connectivity index (χ2n) is 6.47. The Kier molecular flexibility index (Phi) is 5.16. The van der Waals surface area contributed by atoms with Crippen LogP contribution >= 0.6 is 0 Å². The van der Waals surface area contributed by atoms with E-state index >= 15 is 0 Å². The Bertz CT molecular complexity index is 754. The van der Waals surface area contributed by atoms with Crippen molar-refractivity contribution in [1.82, 2.24) is 20.0 Å². The van der Waals surface area contributed by atoms with Crippen molar-refractivity contribution in [1.29, 1.82) is 0 Å². The van der Waals surface area contributed by atoms with Crippen LogP contribution in [0.1, 0.15) is 30.3 Å². The highest BCUT2D eigenvalue weighted by Crippen LogP contribution is 2.20. The lowest BCUT2D eigenvalue weighted by Crippen LogP contribution is -2.33. The molecule has 0 unspecified atom stereocenters. The Hall–Kier alpha value is -2.63. The number of nitrogens with one attached hydrogen (secondary N) is 1. The highest BCUT2D eigenvalue weighted by Gasteiger charge is 2.34. The normalized spacial score (nSPS) is 17.1. The van der Waals surface area contributed by atoms with Crippen LogP contribution in [0.3, 0.4) is 0 Å². The summed E-state index contributed by atoms with van der Waals surface area (Å²) >= 11 is 0. The first-order chi connectivity index (χ1) is 12.1. The van der Waals surface area contributed by atoms with Crippen LogP contribution in [0.5, 0.6) is 0 Å². The van der Waals surface area contributed by atoms with E-state index in [1.54, 1.807) is 4.90 Å². The van der Waals surface area contributed by atoms with Crippen LogP contribution < -0.4 is 5.32 Å². The van der Waals surface area contributed by atoms with Gasteiger partial charge in [-0.3, -0.25) is 14.3 Å². The highest BCUT2D eigenvalue weighted by atomic mass is 16.2. The molecular weight excluding hydrogens is 316 g/mol. The predicted molar refractivity (Wildman–Crippen MR) is 94.5 cm³/mol. The van der Waals surface area contributed by atoms with Crippen LogP contribution in [0.2, 0.25) is 0 Å². The molecule has 1 N–H and O–H groups in total. The quantitative estimate of drug-likeness (QED) is 0.873. The SMILES string of the molecule is CCn1nc(C)cc1CNC(=O)[C@@H]1CC(=O)N(Cc2ccccc2)C1. The highest BCUT2D eigenvalue weighted by molar-refractivity contribution is 5.89. The molecule has 1 saturated heterocycles. The first kappa shape index (κ1) is 17.2. The molecule has 25 heavy (non-hydrogen) atoms. The molecule has 6 nitrogen and oxygen atoms in total. The maximum Gasteiger partial charge on any atom is 0.225 e. The molecular formula is C19H24N4O2. The number of likely N-dealkylation sites (tertiary alicyclic amines) is 1. The molecule has 0 saturated carbocycles. The van der Waals surface area contributed by atoms with Crippen molar-refractivity contribution in [2.24, 2.45) is 5.92 Å². The van der Waals surface area contributed by atoms with Crippen molar-refractivity contribution in [3.8, 4) is 0 Å². The van der Waals surface area contributed by atoms with E-state index < -0.39 is 0 Å². The summed E-state index contributed by atoms with van der Waals surface area (Å²) in [6, 6.07) is 11.8. The molecule has 1 fully saturated rings. The van der Waals surface area contributed by atoms with Crippen molar-refractivity contribution in [2.75, 3.05) is 6.54 Å². The third-order valence-electron chi connectivity index (χ3n) is 4.53. The zero-order chi connectivity index (χ0) is 17.8. The number of hydrogen-bond acceptors (Lipinski definition) is 3. The Morgan fingerprint density at radius 1 is 1.32 bits per heavy atom. The molecule has 2 aromatic rings. The monoisotopic (exact) mass is 340 g/mol. The molecule has 2 amide bonds. The summed E-state index contributed by atoms with van der Waals surface area (Å²) in [5.74, 6) is -0.306. The van der Waals surface area contributed by atoms with Gasteiger partial charge < -0.3 is 10.2 Å². The number of amides is 2. The molecule has 3 rings (SSSR count). The molecule has 1 aliphatic heterocycles. The molecule has 0 radical (unpaired) electrons. The third-order valence-corrected chi connectivity index (χ3v) is 4.53. The van der Waals surface area contributed by atoms with Crippen LogP contribution in [0, 0.1) is 12.8 Å². The van der Waals surface area contributed by atoms with Crippen molar-refractivity contribution in [2.45, 2.75) is 39.9 Å². The smallest absolute Gasteiger partial charge is 0.225 e. The van der Waals surface area contributed by atoms with Crippen LogP contribution in [0.25, 0.3) is 0 Å². The van der Waals surface area contributed by atoms with Crippen LogP contribution in [0.4, 0.5) is 0 Å². The number of rotatable bonds is 6. The van der Waals surface area contributed by atoms with Gasteiger partial charge in [-0.1, -0.05) is 30.3 Å². The lowest BCUT2D eigenvalue weighted by Gasteiger charge is -2.16. The molecule has 1 aromatic carbocycles. The van der Waals surface area contributed by atoms with Gasteiger partial charge in [0.1, 0.15) is 0 Å². The second kappa shape index (κ2) is 7.51. The van der Waals surface area contributed by atoms with Crippen molar-refractivity contribution >= 4 is 11.8 Å². The third kappa shape index (κ3) is 4.07. The number of nitrogens with zero attached hydrogens (tertiary/aromatic N) is 3. The van der Waals surface area contributed by atoms with E-state index in [2.05, 4.69) is 10.4 Å². The van der Waals surface area contributed by atoms with Gasteiger partial charge in [0.25, 0.3) is 0 Å². The van der Waals surface area contributed by atoms with Gasteiger partial charge in [-0.25, -0.2) is 0 Å². The zero-order valence-corrected chi connectivity index (χ0v) is 14.7. The fourth-order valence-electron chi connectivity index (χ4n) is 3.24. The maximum atomic E-state index is 12.4. The molecule has 1 aliphatic rings. The summed E-state index contributed by atoms with van der Waals surface area (Å²) in [7, 11) is 0. The predicted octanol–water partition coefficient (Wildman–Crippen LogP) is 1.88. The van der Waals surface area contributed by atoms with Gasteiger partial charge in [-0.15, -0.1) is 0 Å². The Morgan fingerprint density at radius 3 is 2.80 bits per heavy atom. The lowest BCUT2D eigenvalue weighted by atomic mass is 10.1. The summed E-state index contributed by atoms with van der Waals surface area (Å²) in [5, 5.41) is 7.33. The maximum absolute atomic E-state index is 12.4. The number of aryl methyl sites for hydroxylation is 2. The number of carbonyl (C=O) groups is 2. The average Bonchev–Trinajstić information content (AvgIpc) is 3.16. The fourth-order valence-corrected chi connectivity index (χ4v) is 3.24. The molecule has 1 aromatic heterocycles. The van der Waals surface area contributed by atoms with E-state index in [1.165, 1.54) is 0 Å². The molecule has 0 aliphatic carbocycles. The van der Waals surface area contributed by atoms with Gasteiger partial charge in [-0.05, 0) is 25.5 Å². The number of aromatic nitrogens is 2. The Morgan fingerprint density at radius 2 is 2.08 bits per heavy atom. The molecule has 0 bridgehead atoms. The minimum Gasteiger partial charge on any atom is -0.350 e. The van der Waals surface area contributed by atoms with E-state index in [-0.39, 0.29) is 24.2 Å². The van der Waals surface area contributed by atoms with Gasteiger partial charge in [-0.2, -0.15) is 5.10 Å². The van der Waals surface area contributed by atoms with Crippen molar-refractivity contribution < 1.29 is 9.59 Å². The number of hydrogen-bond donors (Lipinski definition) is 1. The number of carbonyl (C=O) groups excluding carboxylic acids is 2. The minimum absolute atomic E-state index is 0.0402. The Balaban J connectivity index is 1.55. The summed E-state index contributed by atoms with van der Waals surface area (Å²) in [6.45, 7) is 6.21. The first-order valence-electron chi connectivity index (χ1n) is 8.69. The van der Waals surface area contributed by atoms with Crippen LogP contribution in [0.15, 0.2) is 36.4 Å². The molecule has 0 spiro atoms. The van der Waals surface area contributed by atoms with Crippen molar-refractivity contribution in [3.05, 3.63) is 53.3 Å². The van der Waals surface area contributed by atoms with Crippen molar-refractivity contribution in [3.63, 3.8) is 0 Å². The average molecular weight is 340 g/mol. The number of benzene rings is 1. The van der Waals surface area contributed by atoms with E-state index in [0.717, 1.165) is 23.5 Å². The van der Waals surface area contributed by atoms with Gasteiger partial charge in [0.15, 0.2) is 0 Å². The van der Waals surface area contributed by atoms with E-state index in [0.29, 0.717) is 19.6 Å². The van der Waals surface area contributed by atoms with Gasteiger partial charge in [0.2, 0.25) is 11.8 Å².